The van der Waals surface area contributed by atoms with Crippen molar-refractivity contribution in [2.45, 2.75) is 0 Å². The summed E-state index contributed by atoms with van der Waals surface area (Å²) >= 11 is 0. The first-order valence-corrected chi connectivity index (χ1v) is 20.0. The zero-order chi connectivity index (χ0) is 39.6. The molecule has 0 N–H and O–H groups in total. The summed E-state index contributed by atoms with van der Waals surface area (Å²) in [4.78, 5) is 20.3. The van der Waals surface area contributed by atoms with Crippen molar-refractivity contribution < 1.29 is 8.83 Å². The summed E-state index contributed by atoms with van der Waals surface area (Å²) in [6.45, 7) is 0. The summed E-state index contributed by atoms with van der Waals surface area (Å²) in [6, 6.07) is 66.3. The monoisotopic (exact) mass is 768 g/mol. The van der Waals surface area contributed by atoms with Crippen molar-refractivity contribution in [3.05, 3.63) is 194 Å². The largest absolute Gasteiger partial charge is 0.455 e. The molecule has 0 aliphatic rings. The van der Waals surface area contributed by atoms with Gasteiger partial charge < -0.3 is 8.83 Å². The summed E-state index contributed by atoms with van der Waals surface area (Å²) in [5.74, 6) is 1.77. The normalized spacial score (nSPS) is 11.7. The third-order valence-electron chi connectivity index (χ3n) is 11.4. The maximum absolute atomic E-state index is 6.61. The number of pyridine rings is 1. The number of fused-ring (bicyclic) bond motifs is 8. The number of benzene rings is 8. The van der Waals surface area contributed by atoms with E-state index in [2.05, 4.69) is 127 Å². The fourth-order valence-electron chi connectivity index (χ4n) is 8.39. The van der Waals surface area contributed by atoms with E-state index in [0.717, 1.165) is 105 Å². The van der Waals surface area contributed by atoms with E-state index in [1.54, 1.807) is 0 Å². The van der Waals surface area contributed by atoms with Crippen molar-refractivity contribution in [3.8, 4) is 67.7 Å². The van der Waals surface area contributed by atoms with Crippen molar-refractivity contribution in [3.63, 3.8) is 0 Å². The Balaban J connectivity index is 0.945. The summed E-state index contributed by atoms with van der Waals surface area (Å²) < 4.78 is 13.0. The van der Waals surface area contributed by atoms with Gasteiger partial charge in [0.05, 0.1) is 5.52 Å². The number of rotatable bonds is 6. The highest BCUT2D eigenvalue weighted by Gasteiger charge is 2.20. The first kappa shape index (κ1) is 33.9. The van der Waals surface area contributed by atoms with E-state index in [-0.39, 0.29) is 0 Å². The van der Waals surface area contributed by atoms with Gasteiger partial charge in [0.25, 0.3) is 0 Å². The Morgan fingerprint density at radius 3 is 1.48 bits per heavy atom. The molecule has 6 heteroatoms. The van der Waals surface area contributed by atoms with Gasteiger partial charge in [-0.1, -0.05) is 170 Å². The second-order valence-corrected chi connectivity index (χ2v) is 15.0. The average Bonchev–Trinajstić information content (AvgIpc) is 3.91. The minimum atomic E-state index is 0.579. The van der Waals surface area contributed by atoms with Crippen molar-refractivity contribution in [1.82, 2.24) is 19.9 Å². The number of furan rings is 2. The summed E-state index contributed by atoms with van der Waals surface area (Å²) in [6.07, 6.45) is 0. The highest BCUT2D eigenvalue weighted by atomic mass is 16.3. The molecule has 6 nitrogen and oxygen atoms in total. The Labute approximate surface area is 344 Å². The van der Waals surface area contributed by atoms with Crippen LogP contribution in [0.5, 0.6) is 0 Å². The molecule has 0 spiro atoms. The van der Waals surface area contributed by atoms with Gasteiger partial charge in [-0.15, -0.1) is 0 Å². The molecule has 60 heavy (non-hydrogen) atoms. The number of nitrogens with zero attached hydrogens (tertiary/aromatic N) is 4. The van der Waals surface area contributed by atoms with Gasteiger partial charge in [0.2, 0.25) is 0 Å². The molecule has 4 heterocycles. The molecular weight excluding hydrogens is 737 g/mol. The molecular formula is C54H32N4O2. The molecule has 0 radical (unpaired) electrons. The maximum Gasteiger partial charge on any atom is 0.164 e. The van der Waals surface area contributed by atoms with Crippen molar-refractivity contribution in [1.29, 1.82) is 0 Å². The van der Waals surface area contributed by atoms with Crippen LogP contribution in [0.3, 0.4) is 0 Å². The Hall–Kier alpha value is -8.22. The zero-order valence-electron chi connectivity index (χ0n) is 32.1. The van der Waals surface area contributed by atoms with Crippen LogP contribution in [-0.4, -0.2) is 19.9 Å². The summed E-state index contributed by atoms with van der Waals surface area (Å²) in [7, 11) is 0. The van der Waals surface area contributed by atoms with Crippen molar-refractivity contribution in [2.24, 2.45) is 0 Å². The van der Waals surface area contributed by atoms with Crippen molar-refractivity contribution >= 4 is 54.8 Å². The summed E-state index contributed by atoms with van der Waals surface area (Å²) in [5.41, 5.74) is 13.0. The Kier molecular flexibility index (Phi) is 7.74. The van der Waals surface area contributed by atoms with E-state index in [9.17, 15) is 0 Å². The lowest BCUT2D eigenvalue weighted by molar-refractivity contribution is 0.668. The number of hydrogen-bond donors (Lipinski definition) is 0. The smallest absolute Gasteiger partial charge is 0.164 e. The quantitative estimate of drug-likeness (QED) is 0.168. The lowest BCUT2D eigenvalue weighted by atomic mass is 9.98. The number of para-hydroxylation sites is 3. The van der Waals surface area contributed by atoms with E-state index >= 15 is 0 Å². The van der Waals surface area contributed by atoms with Crippen LogP contribution >= 0.6 is 0 Å². The molecule has 0 aliphatic carbocycles. The van der Waals surface area contributed by atoms with Gasteiger partial charge in [0.15, 0.2) is 23.1 Å². The standard InChI is InChI=1S/C54H32N4O2/c1-3-12-33(13-4-1)39-30-31-45-44(32-39)48-43-17-8-10-21-47(43)60-51(48)49(55-45)35-24-28-38(29-25-35)54-57-52(36-14-5-2-6-15-36)56-53(58-54)37-26-22-34(23-27-37)40-18-11-19-42-41-16-7-9-20-46(41)59-50(40)42/h1-32H. The summed E-state index contributed by atoms with van der Waals surface area (Å²) in [5, 5.41) is 5.39. The van der Waals surface area contributed by atoms with Gasteiger partial charge in [-0.05, 0) is 41.0 Å². The predicted molar refractivity (Wildman–Crippen MR) is 242 cm³/mol. The fraction of sp³-hybridized carbons (Fsp3) is 0. The highest BCUT2D eigenvalue weighted by molar-refractivity contribution is 6.21. The SMILES string of the molecule is c1ccc(-c2ccc3nc(-c4ccc(-c5nc(-c6ccccc6)nc(-c6ccc(-c7cccc8c7oc7ccccc78)cc6)n5)cc4)c4oc5ccccc5c4c3c2)cc1. The van der Waals surface area contributed by atoms with Crippen LogP contribution in [0, 0.1) is 0 Å². The minimum absolute atomic E-state index is 0.579. The number of aromatic nitrogens is 4. The third kappa shape index (κ3) is 5.65. The molecule has 280 valence electrons. The molecule has 12 rings (SSSR count). The first-order valence-electron chi connectivity index (χ1n) is 20.0. The molecule has 0 atom stereocenters. The van der Waals surface area contributed by atoms with E-state index in [0.29, 0.717) is 17.5 Å². The van der Waals surface area contributed by atoms with Gasteiger partial charge in [0, 0.05) is 54.7 Å². The molecule has 0 amide bonds. The van der Waals surface area contributed by atoms with E-state index in [1.165, 1.54) is 0 Å². The van der Waals surface area contributed by atoms with E-state index < -0.39 is 0 Å². The van der Waals surface area contributed by atoms with Crippen LogP contribution in [0.15, 0.2) is 203 Å². The van der Waals surface area contributed by atoms with Crippen LogP contribution in [0.25, 0.3) is 122 Å². The number of hydrogen-bond acceptors (Lipinski definition) is 6. The topological polar surface area (TPSA) is 77.8 Å². The van der Waals surface area contributed by atoms with Crippen LogP contribution in [0.2, 0.25) is 0 Å². The lowest BCUT2D eigenvalue weighted by Crippen LogP contribution is -2.00. The second-order valence-electron chi connectivity index (χ2n) is 15.0. The molecule has 0 bridgehead atoms. The molecule has 12 aromatic rings. The Morgan fingerprint density at radius 2 is 0.800 bits per heavy atom. The molecule has 8 aromatic carbocycles. The molecule has 0 saturated heterocycles. The van der Waals surface area contributed by atoms with Crippen molar-refractivity contribution in [2.75, 3.05) is 0 Å². The molecule has 0 aliphatic heterocycles. The van der Waals surface area contributed by atoms with E-state index in [4.69, 9.17) is 28.8 Å². The van der Waals surface area contributed by atoms with Crippen LogP contribution in [0.1, 0.15) is 0 Å². The van der Waals surface area contributed by atoms with Gasteiger partial charge in [-0.3, -0.25) is 0 Å². The van der Waals surface area contributed by atoms with Gasteiger partial charge in [-0.2, -0.15) is 0 Å². The maximum atomic E-state index is 6.61. The second kappa shape index (κ2) is 13.7. The molecule has 4 aromatic heterocycles. The molecule has 0 saturated carbocycles. The fourth-order valence-corrected chi connectivity index (χ4v) is 8.39. The predicted octanol–water partition coefficient (Wildman–Crippen LogP) is 14.2. The molecule has 0 unspecified atom stereocenters. The Morgan fingerprint density at radius 1 is 0.300 bits per heavy atom. The van der Waals surface area contributed by atoms with Crippen LogP contribution in [0.4, 0.5) is 0 Å². The van der Waals surface area contributed by atoms with Crippen LogP contribution < -0.4 is 0 Å². The van der Waals surface area contributed by atoms with Gasteiger partial charge >= 0.3 is 0 Å². The highest BCUT2D eigenvalue weighted by Crippen LogP contribution is 2.41. The lowest BCUT2D eigenvalue weighted by Gasteiger charge is -2.11. The van der Waals surface area contributed by atoms with Gasteiger partial charge in [-0.25, -0.2) is 19.9 Å². The first-order chi connectivity index (χ1) is 29.7. The third-order valence-corrected chi connectivity index (χ3v) is 11.4. The zero-order valence-corrected chi connectivity index (χ0v) is 32.1. The minimum Gasteiger partial charge on any atom is -0.455 e. The average molecular weight is 769 g/mol. The van der Waals surface area contributed by atoms with Crippen LogP contribution in [-0.2, 0) is 0 Å². The Bertz CT molecular complexity index is 3580. The molecule has 0 fully saturated rings. The van der Waals surface area contributed by atoms with E-state index in [1.807, 2.05) is 66.7 Å². The van der Waals surface area contributed by atoms with Gasteiger partial charge in [0.1, 0.15) is 22.4 Å².